The van der Waals surface area contributed by atoms with Crippen LogP contribution < -0.4 is 5.32 Å². The maximum absolute atomic E-state index is 9.20. The summed E-state index contributed by atoms with van der Waals surface area (Å²) < 4.78 is 0. The molecule has 0 amide bonds. The van der Waals surface area contributed by atoms with Crippen molar-refractivity contribution in [2.75, 3.05) is 13.2 Å². The highest BCUT2D eigenvalue weighted by molar-refractivity contribution is 4.72. The van der Waals surface area contributed by atoms with E-state index in [1.165, 1.54) is 0 Å². The van der Waals surface area contributed by atoms with Crippen LogP contribution in [0.15, 0.2) is 0 Å². The summed E-state index contributed by atoms with van der Waals surface area (Å²) in [6.45, 7) is 9.50. The van der Waals surface area contributed by atoms with Crippen molar-refractivity contribution in [1.82, 2.24) is 5.32 Å². The van der Waals surface area contributed by atoms with Crippen LogP contribution in [-0.2, 0) is 0 Å². The van der Waals surface area contributed by atoms with Gasteiger partial charge in [-0.1, -0.05) is 27.7 Å². The molecular weight excluding hydrogens is 190 g/mol. The van der Waals surface area contributed by atoms with Gasteiger partial charge < -0.3 is 15.5 Å². The largest absolute Gasteiger partial charge is 0.394 e. The van der Waals surface area contributed by atoms with Gasteiger partial charge in [-0.3, -0.25) is 0 Å². The number of nitrogens with one attached hydrogen (secondary N) is 1. The molecule has 92 valence electrons. The second-order valence-corrected chi connectivity index (χ2v) is 5.06. The lowest BCUT2D eigenvalue weighted by Gasteiger charge is -2.24. The molecule has 0 radical (unpaired) electrons. The van der Waals surface area contributed by atoms with Crippen LogP contribution >= 0.6 is 0 Å². The Labute approximate surface area is 93.9 Å². The zero-order valence-corrected chi connectivity index (χ0v) is 10.5. The van der Waals surface area contributed by atoms with E-state index in [-0.39, 0.29) is 6.61 Å². The predicted octanol–water partition coefficient (Wildman–Crippen LogP) is 1.39. The van der Waals surface area contributed by atoms with Gasteiger partial charge in [-0.25, -0.2) is 0 Å². The van der Waals surface area contributed by atoms with Crippen LogP contribution in [0.3, 0.4) is 0 Å². The second-order valence-electron chi connectivity index (χ2n) is 5.06. The van der Waals surface area contributed by atoms with E-state index >= 15 is 0 Å². The summed E-state index contributed by atoms with van der Waals surface area (Å²) in [6, 6.07) is 0.510. The lowest BCUT2D eigenvalue weighted by molar-refractivity contribution is 0.0869. The Morgan fingerprint density at radius 3 is 2.13 bits per heavy atom. The average molecular weight is 217 g/mol. The first kappa shape index (κ1) is 14.9. The molecule has 0 rings (SSSR count). The van der Waals surface area contributed by atoms with Crippen LogP contribution in [0.1, 0.15) is 40.5 Å². The molecule has 3 nitrogen and oxygen atoms in total. The molecular formula is C12H27NO2. The molecule has 2 atom stereocenters. The Bertz CT molecular complexity index is 149. The lowest BCUT2D eigenvalue weighted by Crippen LogP contribution is -2.37. The molecule has 0 saturated heterocycles. The molecule has 15 heavy (non-hydrogen) atoms. The zero-order chi connectivity index (χ0) is 11.8. The highest BCUT2D eigenvalue weighted by Crippen LogP contribution is 2.12. The summed E-state index contributed by atoms with van der Waals surface area (Å²) in [5, 5.41) is 21.3. The molecule has 3 heteroatoms. The molecule has 2 unspecified atom stereocenters. The van der Waals surface area contributed by atoms with E-state index in [1.807, 2.05) is 0 Å². The van der Waals surface area contributed by atoms with Gasteiger partial charge in [0, 0.05) is 6.04 Å². The smallest absolute Gasteiger partial charge is 0.0783 e. The van der Waals surface area contributed by atoms with E-state index in [4.69, 9.17) is 5.11 Å². The maximum Gasteiger partial charge on any atom is 0.0783 e. The lowest BCUT2D eigenvalue weighted by atomic mass is 9.94. The molecule has 0 aliphatic carbocycles. The van der Waals surface area contributed by atoms with Crippen molar-refractivity contribution in [3.05, 3.63) is 0 Å². The Morgan fingerprint density at radius 2 is 1.73 bits per heavy atom. The predicted molar refractivity (Wildman–Crippen MR) is 63.8 cm³/mol. The third-order valence-corrected chi connectivity index (χ3v) is 2.62. The quantitative estimate of drug-likeness (QED) is 0.576. The van der Waals surface area contributed by atoms with Crippen LogP contribution in [-0.4, -0.2) is 35.5 Å². The van der Waals surface area contributed by atoms with Gasteiger partial charge in [-0.2, -0.15) is 0 Å². The normalized spacial score (nSPS) is 16.0. The molecule has 0 spiro atoms. The Morgan fingerprint density at radius 1 is 1.13 bits per heavy atom. The summed E-state index contributed by atoms with van der Waals surface area (Å²) >= 11 is 0. The van der Waals surface area contributed by atoms with E-state index in [0.717, 1.165) is 13.0 Å². The number of hydrogen-bond acceptors (Lipinski definition) is 3. The SMILES string of the molecule is CC(C)CC(NCCC(O)CO)C(C)C. The Kier molecular flexibility index (Phi) is 8.02. The number of rotatable bonds is 8. The van der Waals surface area contributed by atoms with Gasteiger partial charge in [-0.05, 0) is 31.2 Å². The monoisotopic (exact) mass is 217 g/mol. The third kappa shape index (κ3) is 7.77. The molecule has 0 saturated carbocycles. The summed E-state index contributed by atoms with van der Waals surface area (Å²) in [7, 11) is 0. The fourth-order valence-electron chi connectivity index (χ4n) is 1.63. The minimum atomic E-state index is -0.579. The molecule has 0 aromatic heterocycles. The summed E-state index contributed by atoms with van der Waals surface area (Å²) in [5.41, 5.74) is 0. The molecule has 0 aliphatic heterocycles. The van der Waals surface area contributed by atoms with Crippen LogP contribution in [0.4, 0.5) is 0 Å². The first-order valence-corrected chi connectivity index (χ1v) is 5.99. The van der Waals surface area contributed by atoms with Gasteiger partial charge >= 0.3 is 0 Å². The van der Waals surface area contributed by atoms with Crippen LogP contribution in [0, 0.1) is 11.8 Å². The Balaban J connectivity index is 3.76. The fraction of sp³-hybridized carbons (Fsp3) is 1.00. The summed E-state index contributed by atoms with van der Waals surface area (Å²) in [4.78, 5) is 0. The fourth-order valence-corrected chi connectivity index (χ4v) is 1.63. The van der Waals surface area contributed by atoms with E-state index in [9.17, 15) is 5.11 Å². The maximum atomic E-state index is 9.20. The second kappa shape index (κ2) is 8.08. The van der Waals surface area contributed by atoms with Crippen molar-refractivity contribution in [3.63, 3.8) is 0 Å². The van der Waals surface area contributed by atoms with Crippen molar-refractivity contribution in [2.45, 2.75) is 52.7 Å². The number of aliphatic hydroxyl groups excluding tert-OH is 2. The van der Waals surface area contributed by atoms with Crippen molar-refractivity contribution in [3.8, 4) is 0 Å². The van der Waals surface area contributed by atoms with E-state index in [2.05, 4.69) is 33.0 Å². The number of hydrogen-bond donors (Lipinski definition) is 3. The summed E-state index contributed by atoms with van der Waals surface area (Å²) in [6.07, 6.45) is 1.20. The van der Waals surface area contributed by atoms with Crippen molar-refractivity contribution in [1.29, 1.82) is 0 Å². The topological polar surface area (TPSA) is 52.5 Å². The van der Waals surface area contributed by atoms with Gasteiger partial charge in [0.2, 0.25) is 0 Å². The van der Waals surface area contributed by atoms with Gasteiger partial charge in [0.05, 0.1) is 12.7 Å². The van der Waals surface area contributed by atoms with Crippen LogP contribution in [0.5, 0.6) is 0 Å². The van der Waals surface area contributed by atoms with Gasteiger partial charge in [-0.15, -0.1) is 0 Å². The average Bonchev–Trinajstić information content (AvgIpc) is 2.15. The third-order valence-electron chi connectivity index (χ3n) is 2.62. The highest BCUT2D eigenvalue weighted by Gasteiger charge is 2.14. The Hall–Kier alpha value is -0.120. The van der Waals surface area contributed by atoms with Crippen molar-refractivity contribution >= 4 is 0 Å². The van der Waals surface area contributed by atoms with E-state index < -0.39 is 6.10 Å². The van der Waals surface area contributed by atoms with E-state index in [1.54, 1.807) is 0 Å². The van der Waals surface area contributed by atoms with Crippen LogP contribution in [0.25, 0.3) is 0 Å². The molecule has 0 aromatic rings. The van der Waals surface area contributed by atoms with E-state index in [0.29, 0.717) is 24.3 Å². The molecule has 0 bridgehead atoms. The van der Waals surface area contributed by atoms with Gasteiger partial charge in [0.25, 0.3) is 0 Å². The molecule has 0 fully saturated rings. The molecule has 0 heterocycles. The standard InChI is InChI=1S/C12H27NO2/c1-9(2)7-12(10(3)4)13-6-5-11(15)8-14/h9-15H,5-8H2,1-4H3. The minimum Gasteiger partial charge on any atom is -0.394 e. The highest BCUT2D eigenvalue weighted by atomic mass is 16.3. The van der Waals surface area contributed by atoms with Gasteiger partial charge in [0.1, 0.15) is 0 Å². The van der Waals surface area contributed by atoms with Crippen LogP contribution in [0.2, 0.25) is 0 Å². The van der Waals surface area contributed by atoms with Crippen molar-refractivity contribution in [2.24, 2.45) is 11.8 Å². The summed E-state index contributed by atoms with van der Waals surface area (Å²) in [5.74, 6) is 1.30. The molecule has 0 aromatic carbocycles. The minimum absolute atomic E-state index is 0.141. The zero-order valence-electron chi connectivity index (χ0n) is 10.5. The van der Waals surface area contributed by atoms with Gasteiger partial charge in [0.15, 0.2) is 0 Å². The number of aliphatic hydroxyl groups is 2. The molecule has 3 N–H and O–H groups in total. The molecule has 0 aliphatic rings. The first-order valence-electron chi connectivity index (χ1n) is 5.99. The first-order chi connectivity index (χ1) is 6.97. The van der Waals surface area contributed by atoms with Crippen molar-refractivity contribution < 1.29 is 10.2 Å².